The Kier molecular flexibility index (Phi) is 14.6. The van der Waals surface area contributed by atoms with Gasteiger partial charge in [0.15, 0.2) is 0 Å². The van der Waals surface area contributed by atoms with Crippen LogP contribution < -0.4 is 0 Å². The summed E-state index contributed by atoms with van der Waals surface area (Å²) in [4.78, 5) is 19.4. The second kappa shape index (κ2) is 19.4. The maximum atomic E-state index is 9.74. The Labute approximate surface area is 372 Å². The van der Waals surface area contributed by atoms with Crippen LogP contribution in [-0.2, 0) is 83.6 Å². The minimum absolute atomic E-state index is 0.460. The summed E-state index contributed by atoms with van der Waals surface area (Å²) in [6, 6.07) is 53.1. The molecule has 6 aromatic rings. The molecule has 0 radical (unpaired) electrons. The van der Waals surface area contributed by atoms with Crippen LogP contribution in [0.3, 0.4) is 0 Å². The van der Waals surface area contributed by atoms with Gasteiger partial charge in [0.2, 0.25) is 0 Å². The molecule has 9 nitrogen and oxygen atoms in total. The van der Waals surface area contributed by atoms with E-state index in [-0.39, 0.29) is 0 Å². The molecule has 63 heavy (non-hydrogen) atoms. The van der Waals surface area contributed by atoms with Gasteiger partial charge in [-0.15, -0.1) is 0 Å². The molecule has 0 unspecified atom stereocenters. The summed E-state index contributed by atoms with van der Waals surface area (Å²) in [5.74, 6) is 0. The van der Waals surface area contributed by atoms with Crippen molar-refractivity contribution in [2.45, 2.75) is 115 Å². The fourth-order valence-electron chi connectivity index (χ4n) is 8.28. The standard InChI is InChI=1S/C54H62O9/c1-49(2,60-55)43-27-19-39(20-28-43)35-53(47-15-11-9-12-16-47,36-40-21-29-44(30-22-40)50(3,4)61-56)59-54(48-17-13-10-14-18-48,37-41-23-31-45(32-24-41)51(5,6)62-57)38-42-25-33-46(34-26-42)52(7,8)63-58/h9-34,55-58H,35-38H2,1-8H3. The molecule has 6 aromatic carbocycles. The highest BCUT2D eigenvalue weighted by molar-refractivity contribution is 5.39. The predicted molar refractivity (Wildman–Crippen MR) is 245 cm³/mol. The SMILES string of the molecule is CC(C)(OO)c1ccc(CC(Cc2ccc(C(C)(C)OO)cc2)(OC(Cc2ccc(C(C)(C)OO)cc2)(Cc2ccc(C(C)(C)OO)cc2)c2ccccc2)c2ccccc2)cc1. The molecule has 9 heteroatoms. The summed E-state index contributed by atoms with van der Waals surface area (Å²) in [7, 11) is 0. The highest BCUT2D eigenvalue weighted by atomic mass is 17.1. The summed E-state index contributed by atoms with van der Waals surface area (Å²) in [5.41, 5.74) is 3.60. The van der Waals surface area contributed by atoms with Crippen molar-refractivity contribution in [2.75, 3.05) is 0 Å². The monoisotopic (exact) mass is 854 g/mol. The zero-order valence-electron chi connectivity index (χ0n) is 37.7. The highest BCUT2D eigenvalue weighted by Gasteiger charge is 2.45. The van der Waals surface area contributed by atoms with Crippen molar-refractivity contribution in [1.82, 2.24) is 0 Å². The first kappa shape index (κ1) is 47.4. The first-order chi connectivity index (χ1) is 29.9. The molecular formula is C54H62O9. The van der Waals surface area contributed by atoms with Crippen LogP contribution in [-0.4, -0.2) is 21.0 Å². The third-order valence-corrected chi connectivity index (χ3v) is 12.5. The number of ether oxygens (including phenoxy) is 1. The number of rotatable bonds is 20. The summed E-state index contributed by atoms with van der Waals surface area (Å²) in [6.07, 6.45) is 1.84. The second-order valence-corrected chi connectivity index (χ2v) is 18.7. The Balaban J connectivity index is 1.61. The van der Waals surface area contributed by atoms with Gasteiger partial charge in [0.25, 0.3) is 0 Å². The lowest BCUT2D eigenvalue weighted by molar-refractivity contribution is -0.318. The second-order valence-electron chi connectivity index (χ2n) is 18.7. The van der Waals surface area contributed by atoms with Gasteiger partial charge >= 0.3 is 0 Å². The lowest BCUT2D eigenvalue weighted by atomic mass is 9.76. The van der Waals surface area contributed by atoms with Crippen molar-refractivity contribution >= 4 is 0 Å². The van der Waals surface area contributed by atoms with Crippen LogP contribution in [0, 0.1) is 0 Å². The Morgan fingerprint density at radius 2 is 0.492 bits per heavy atom. The fraction of sp³-hybridized carbons (Fsp3) is 0.333. The van der Waals surface area contributed by atoms with Gasteiger partial charge in [-0.2, -0.15) is 0 Å². The molecule has 0 amide bonds. The predicted octanol–water partition coefficient (Wildman–Crippen LogP) is 12.7. The van der Waals surface area contributed by atoms with Crippen LogP contribution in [0.5, 0.6) is 0 Å². The van der Waals surface area contributed by atoms with Crippen molar-refractivity contribution in [3.05, 3.63) is 213 Å². The van der Waals surface area contributed by atoms with Crippen molar-refractivity contribution in [2.24, 2.45) is 0 Å². The van der Waals surface area contributed by atoms with Crippen molar-refractivity contribution in [3.63, 3.8) is 0 Å². The quantitative estimate of drug-likeness (QED) is 0.0438. The molecule has 4 N–H and O–H groups in total. The molecule has 0 fully saturated rings. The van der Waals surface area contributed by atoms with Gasteiger partial charge < -0.3 is 4.74 Å². The van der Waals surface area contributed by atoms with E-state index in [0.29, 0.717) is 25.7 Å². The van der Waals surface area contributed by atoms with E-state index in [1.54, 1.807) is 0 Å². The van der Waals surface area contributed by atoms with Crippen LogP contribution in [0.1, 0.15) is 111 Å². The first-order valence-corrected chi connectivity index (χ1v) is 21.4. The molecule has 0 heterocycles. The lowest BCUT2D eigenvalue weighted by Crippen LogP contribution is -2.47. The van der Waals surface area contributed by atoms with Crippen LogP contribution in [0.4, 0.5) is 0 Å². The van der Waals surface area contributed by atoms with E-state index in [1.807, 2.05) is 140 Å². The lowest BCUT2D eigenvalue weighted by Gasteiger charge is -2.46. The minimum atomic E-state index is -1.01. The summed E-state index contributed by atoms with van der Waals surface area (Å²) < 4.78 is 8.23. The van der Waals surface area contributed by atoms with Gasteiger partial charge in [-0.25, -0.2) is 19.6 Å². The average Bonchev–Trinajstić information content (AvgIpc) is 3.30. The topological polar surface area (TPSA) is 127 Å². The number of hydrogen-bond acceptors (Lipinski definition) is 9. The molecule has 0 bridgehead atoms. The fourth-order valence-corrected chi connectivity index (χ4v) is 8.28. The van der Waals surface area contributed by atoms with Crippen molar-refractivity contribution in [1.29, 1.82) is 0 Å². The number of hydrogen-bond donors (Lipinski definition) is 4. The van der Waals surface area contributed by atoms with E-state index in [0.717, 1.165) is 55.6 Å². The molecule has 6 rings (SSSR count). The smallest absolute Gasteiger partial charge is 0.123 e. The Morgan fingerprint density at radius 1 is 0.286 bits per heavy atom. The third kappa shape index (κ3) is 11.0. The Bertz CT molecular complexity index is 2050. The number of benzene rings is 6. The van der Waals surface area contributed by atoms with Crippen molar-refractivity contribution < 1.29 is 45.3 Å². The normalized spacial score (nSPS) is 13.0. The molecule has 0 atom stereocenters. The van der Waals surface area contributed by atoms with Crippen LogP contribution >= 0.6 is 0 Å². The molecule has 0 spiro atoms. The van der Waals surface area contributed by atoms with Crippen LogP contribution in [0.15, 0.2) is 158 Å². The molecule has 0 saturated heterocycles. The van der Waals surface area contributed by atoms with Crippen LogP contribution in [0.2, 0.25) is 0 Å². The maximum Gasteiger partial charge on any atom is 0.123 e. The van der Waals surface area contributed by atoms with E-state index in [2.05, 4.69) is 72.8 Å². The van der Waals surface area contributed by atoms with Gasteiger partial charge in [0, 0.05) is 25.7 Å². The molecule has 332 valence electrons. The Hall–Kier alpha value is -5.04. The van der Waals surface area contributed by atoms with E-state index in [9.17, 15) is 21.0 Å². The molecule has 0 aromatic heterocycles. The molecular weight excluding hydrogens is 793 g/mol. The van der Waals surface area contributed by atoms with Crippen LogP contribution in [0.25, 0.3) is 0 Å². The minimum Gasteiger partial charge on any atom is -0.358 e. The summed E-state index contributed by atoms with van der Waals surface area (Å²) >= 11 is 0. The Morgan fingerprint density at radius 3 is 0.683 bits per heavy atom. The zero-order valence-corrected chi connectivity index (χ0v) is 37.7. The van der Waals surface area contributed by atoms with Gasteiger partial charge in [-0.3, -0.25) is 21.0 Å². The molecule has 0 aliphatic carbocycles. The average molecular weight is 855 g/mol. The van der Waals surface area contributed by atoms with E-state index < -0.39 is 33.6 Å². The van der Waals surface area contributed by atoms with Gasteiger partial charge in [-0.1, -0.05) is 158 Å². The first-order valence-electron chi connectivity index (χ1n) is 21.4. The largest absolute Gasteiger partial charge is 0.358 e. The maximum absolute atomic E-state index is 9.74. The van der Waals surface area contributed by atoms with E-state index in [1.165, 1.54) is 0 Å². The summed E-state index contributed by atoms with van der Waals surface area (Å²) in [5, 5.41) is 39.0. The zero-order chi connectivity index (χ0) is 45.5. The van der Waals surface area contributed by atoms with E-state index >= 15 is 0 Å². The van der Waals surface area contributed by atoms with Gasteiger partial charge in [0.1, 0.15) is 33.6 Å². The van der Waals surface area contributed by atoms with E-state index in [4.69, 9.17) is 24.3 Å². The molecule has 0 saturated carbocycles. The van der Waals surface area contributed by atoms with Gasteiger partial charge in [0.05, 0.1) is 0 Å². The third-order valence-electron chi connectivity index (χ3n) is 12.5. The van der Waals surface area contributed by atoms with Gasteiger partial charge in [-0.05, 0) is 111 Å². The molecule has 0 aliphatic rings. The molecule has 0 aliphatic heterocycles. The highest BCUT2D eigenvalue weighted by Crippen LogP contribution is 2.46. The summed E-state index contributed by atoms with van der Waals surface area (Å²) in [6.45, 7) is 14.5. The van der Waals surface area contributed by atoms with Crippen molar-refractivity contribution in [3.8, 4) is 0 Å².